The Bertz CT molecular complexity index is 2870. The molecule has 0 N–H and O–H groups in total. The van der Waals surface area contributed by atoms with E-state index in [0.717, 1.165) is 55.6 Å². The van der Waals surface area contributed by atoms with Gasteiger partial charge in [0.2, 0.25) is 0 Å². The maximum absolute atomic E-state index is 6.79. The molecule has 6 aromatic carbocycles. The fourth-order valence-corrected chi connectivity index (χ4v) is 8.29. The number of ether oxygens (including phenoxy) is 1. The van der Waals surface area contributed by atoms with Gasteiger partial charge in [0.05, 0.1) is 33.1 Å². The predicted molar refractivity (Wildman–Crippen MR) is 213 cm³/mol. The van der Waals surface area contributed by atoms with Gasteiger partial charge >= 0.3 is 0 Å². The number of hydrogen-bond donors (Lipinski definition) is 0. The summed E-state index contributed by atoms with van der Waals surface area (Å²) in [6, 6.07) is 43.1. The minimum atomic E-state index is -0.0449. The first-order valence-electron chi connectivity index (χ1n) is 17.8. The van der Waals surface area contributed by atoms with Crippen LogP contribution in [-0.4, -0.2) is 18.8 Å². The van der Waals surface area contributed by atoms with Crippen LogP contribution in [0, 0.1) is 0 Å². The predicted octanol–water partition coefficient (Wildman–Crippen LogP) is 12.3. The Labute approximate surface area is 295 Å². The van der Waals surface area contributed by atoms with Crippen molar-refractivity contribution < 1.29 is 4.74 Å². The van der Waals surface area contributed by atoms with E-state index in [1.807, 2.05) is 0 Å². The average Bonchev–Trinajstić information content (AvgIpc) is 3.71. The number of para-hydroxylation sites is 4. The molecule has 0 bridgehead atoms. The highest BCUT2D eigenvalue weighted by Crippen LogP contribution is 2.42. The fourth-order valence-electron chi connectivity index (χ4n) is 8.29. The fraction of sp³-hybridized carbons (Fsp3) is 0.174. The molecular formula is C46H38N4O. The second kappa shape index (κ2) is 10.3. The third kappa shape index (κ3) is 4.34. The number of nitrogens with zero attached hydrogens (tertiary/aromatic N) is 4. The lowest BCUT2D eigenvalue weighted by Gasteiger charge is -2.23. The lowest BCUT2D eigenvalue weighted by atomic mass is 9.83. The first-order valence-corrected chi connectivity index (χ1v) is 17.8. The van der Waals surface area contributed by atoms with Crippen molar-refractivity contribution in [1.82, 2.24) is 18.8 Å². The Kier molecular flexibility index (Phi) is 6.04. The molecule has 0 amide bonds. The van der Waals surface area contributed by atoms with E-state index in [4.69, 9.17) is 14.7 Å². The van der Waals surface area contributed by atoms with Crippen molar-refractivity contribution in [3.8, 4) is 11.5 Å². The van der Waals surface area contributed by atoms with Gasteiger partial charge in [-0.15, -0.1) is 0 Å². The summed E-state index contributed by atoms with van der Waals surface area (Å²) in [4.78, 5) is 10.4. The van der Waals surface area contributed by atoms with Crippen molar-refractivity contribution in [3.63, 3.8) is 0 Å². The SMILES string of the molecule is CC(C)(C)c1cccc2c1c1ccc(Oc3ccc4c(c3)c3nc5ccccc5n3c3cccc(C(C)(C)C)c43)cc1c1nc3ccccc3n21. The highest BCUT2D eigenvalue weighted by atomic mass is 16.5. The molecule has 10 rings (SSSR count). The molecule has 0 atom stereocenters. The Morgan fingerprint density at radius 2 is 0.843 bits per heavy atom. The Morgan fingerprint density at radius 3 is 1.27 bits per heavy atom. The van der Waals surface area contributed by atoms with Crippen LogP contribution in [0.4, 0.5) is 0 Å². The number of imidazole rings is 2. The standard InChI is InChI=1S/C46H38N4O/c1-45(2,3)33-13-11-19-39-41(33)29-23-21-27(25-31(29)43-47-35-15-7-9-17-37(35)49(39)43)51-28-22-24-30-32(26-28)44-48-36-16-8-10-18-38(36)50(44)40-20-12-14-34(42(30)40)46(4,5)6/h7-26H,1-6H3. The molecule has 0 radical (unpaired) electrons. The molecular weight excluding hydrogens is 625 g/mol. The van der Waals surface area contributed by atoms with Crippen LogP contribution < -0.4 is 4.74 Å². The van der Waals surface area contributed by atoms with Crippen molar-refractivity contribution >= 4 is 76.7 Å². The van der Waals surface area contributed by atoms with Gasteiger partial charge in [-0.05, 0) is 106 Å². The van der Waals surface area contributed by atoms with Gasteiger partial charge in [-0.3, -0.25) is 8.80 Å². The third-order valence-electron chi connectivity index (χ3n) is 10.5. The van der Waals surface area contributed by atoms with E-state index in [0.29, 0.717) is 0 Å². The van der Waals surface area contributed by atoms with Crippen LogP contribution >= 0.6 is 0 Å². The molecule has 248 valence electrons. The Morgan fingerprint density at radius 1 is 0.431 bits per heavy atom. The summed E-state index contributed by atoms with van der Waals surface area (Å²) in [6.07, 6.45) is 0. The van der Waals surface area contributed by atoms with E-state index in [1.54, 1.807) is 0 Å². The Hall–Kier alpha value is -5.94. The molecule has 0 unspecified atom stereocenters. The third-order valence-corrected chi connectivity index (χ3v) is 10.5. The quantitative estimate of drug-likeness (QED) is 0.173. The van der Waals surface area contributed by atoms with Crippen molar-refractivity contribution in [3.05, 3.63) is 132 Å². The minimum absolute atomic E-state index is 0.0449. The summed E-state index contributed by atoms with van der Waals surface area (Å²) in [7, 11) is 0. The van der Waals surface area contributed by atoms with Crippen molar-refractivity contribution in [2.24, 2.45) is 0 Å². The zero-order valence-electron chi connectivity index (χ0n) is 29.7. The van der Waals surface area contributed by atoms with Gasteiger partial charge in [0, 0.05) is 21.5 Å². The average molecular weight is 663 g/mol. The van der Waals surface area contributed by atoms with Gasteiger partial charge in [-0.1, -0.05) is 90.1 Å². The van der Waals surface area contributed by atoms with Crippen LogP contribution in [0.25, 0.3) is 76.7 Å². The Balaban J connectivity index is 1.23. The van der Waals surface area contributed by atoms with Crippen molar-refractivity contribution in [2.75, 3.05) is 0 Å². The van der Waals surface area contributed by atoms with Crippen LogP contribution in [0.1, 0.15) is 52.7 Å². The molecule has 0 fully saturated rings. The molecule has 5 nitrogen and oxygen atoms in total. The number of hydrogen-bond acceptors (Lipinski definition) is 3. The highest BCUT2D eigenvalue weighted by molar-refractivity contribution is 6.17. The van der Waals surface area contributed by atoms with Gasteiger partial charge in [-0.2, -0.15) is 0 Å². The molecule has 4 heterocycles. The van der Waals surface area contributed by atoms with E-state index in [2.05, 4.69) is 172 Å². The molecule has 0 spiro atoms. The van der Waals surface area contributed by atoms with Crippen molar-refractivity contribution in [1.29, 1.82) is 0 Å². The second-order valence-corrected chi connectivity index (χ2v) is 15.9. The van der Waals surface area contributed by atoms with Crippen LogP contribution in [0.2, 0.25) is 0 Å². The zero-order chi connectivity index (χ0) is 34.8. The molecule has 51 heavy (non-hydrogen) atoms. The number of rotatable bonds is 2. The lowest BCUT2D eigenvalue weighted by Crippen LogP contribution is -2.12. The van der Waals surface area contributed by atoms with Crippen LogP contribution in [0.15, 0.2) is 121 Å². The number of fused-ring (bicyclic) bond motifs is 16. The van der Waals surface area contributed by atoms with Crippen LogP contribution in [0.5, 0.6) is 11.5 Å². The summed E-state index contributed by atoms with van der Waals surface area (Å²) >= 11 is 0. The maximum atomic E-state index is 6.79. The van der Waals surface area contributed by atoms with E-state index >= 15 is 0 Å². The molecule has 0 aliphatic heterocycles. The number of aromatic nitrogens is 4. The molecule has 0 saturated carbocycles. The van der Waals surface area contributed by atoms with E-state index < -0.39 is 0 Å². The zero-order valence-corrected chi connectivity index (χ0v) is 29.7. The second-order valence-electron chi connectivity index (χ2n) is 15.9. The van der Waals surface area contributed by atoms with Gasteiger partial charge in [-0.25, -0.2) is 9.97 Å². The molecule has 5 heteroatoms. The monoisotopic (exact) mass is 662 g/mol. The summed E-state index contributed by atoms with van der Waals surface area (Å²) in [5.41, 5.74) is 10.9. The van der Waals surface area contributed by atoms with Crippen LogP contribution in [-0.2, 0) is 10.8 Å². The smallest absolute Gasteiger partial charge is 0.146 e. The highest BCUT2D eigenvalue weighted by Gasteiger charge is 2.24. The molecule has 10 aromatic rings. The van der Waals surface area contributed by atoms with E-state index in [1.165, 1.54) is 43.7 Å². The van der Waals surface area contributed by atoms with Crippen molar-refractivity contribution in [2.45, 2.75) is 52.4 Å². The maximum Gasteiger partial charge on any atom is 0.146 e. The first kappa shape index (κ1) is 29.9. The van der Waals surface area contributed by atoms with Gasteiger partial charge in [0.15, 0.2) is 0 Å². The van der Waals surface area contributed by atoms with Gasteiger partial charge in [0.25, 0.3) is 0 Å². The number of pyridine rings is 2. The lowest BCUT2D eigenvalue weighted by molar-refractivity contribution is 0.484. The normalized spacial score (nSPS) is 12.9. The van der Waals surface area contributed by atoms with Crippen LogP contribution in [0.3, 0.4) is 0 Å². The van der Waals surface area contributed by atoms with Gasteiger partial charge < -0.3 is 4.74 Å². The first-order chi connectivity index (χ1) is 24.6. The van der Waals surface area contributed by atoms with Gasteiger partial charge in [0.1, 0.15) is 22.8 Å². The molecule has 4 aromatic heterocycles. The summed E-state index contributed by atoms with van der Waals surface area (Å²) in [6.45, 7) is 13.7. The minimum Gasteiger partial charge on any atom is -0.457 e. The summed E-state index contributed by atoms with van der Waals surface area (Å²) < 4.78 is 11.4. The summed E-state index contributed by atoms with van der Waals surface area (Å²) in [5, 5.41) is 6.99. The largest absolute Gasteiger partial charge is 0.457 e. The number of benzene rings is 6. The summed E-state index contributed by atoms with van der Waals surface area (Å²) in [5.74, 6) is 1.54. The molecule has 0 saturated heterocycles. The topological polar surface area (TPSA) is 43.8 Å². The molecule has 0 aliphatic rings. The van der Waals surface area contributed by atoms with E-state index in [9.17, 15) is 0 Å². The van der Waals surface area contributed by atoms with E-state index in [-0.39, 0.29) is 10.8 Å². The molecule has 0 aliphatic carbocycles.